The molecule has 0 heterocycles. The van der Waals surface area contributed by atoms with Gasteiger partial charge in [0, 0.05) is 0 Å². The first-order chi connectivity index (χ1) is 27.3. The lowest BCUT2D eigenvalue weighted by Gasteiger charge is -2.30. The minimum Gasteiger partial charge on any atom is -0.0622 e. The molecule has 0 fully saturated rings. The lowest BCUT2D eigenvalue weighted by Crippen LogP contribution is -2.25. The van der Waals surface area contributed by atoms with E-state index in [2.05, 4.69) is 206 Å². The van der Waals surface area contributed by atoms with Gasteiger partial charge in [0.15, 0.2) is 0 Å². The molecule has 0 amide bonds. The lowest BCUT2D eigenvalue weighted by molar-refractivity contribution is 0.795. The van der Waals surface area contributed by atoms with Crippen molar-refractivity contribution in [3.63, 3.8) is 0 Å². The van der Waals surface area contributed by atoms with Crippen molar-refractivity contribution in [3.8, 4) is 55.6 Å². The van der Waals surface area contributed by atoms with Crippen molar-refractivity contribution in [2.75, 3.05) is 0 Å². The first-order valence-electron chi connectivity index (χ1n) is 19.3. The fourth-order valence-corrected chi connectivity index (χ4v) is 10.1. The minimum absolute atomic E-state index is 0.372. The summed E-state index contributed by atoms with van der Waals surface area (Å²) in [7, 11) is 0. The van der Waals surface area contributed by atoms with Gasteiger partial charge in [-0.25, -0.2) is 0 Å². The van der Waals surface area contributed by atoms with E-state index < -0.39 is 0 Å². The number of hydrogen-bond acceptors (Lipinski definition) is 0. The fraction of sp³-hybridized carbons (Fsp3) is 0.0182. The summed E-state index contributed by atoms with van der Waals surface area (Å²) >= 11 is 0. The Balaban J connectivity index is 1.08. The van der Waals surface area contributed by atoms with E-state index in [-0.39, 0.29) is 5.41 Å². The van der Waals surface area contributed by atoms with E-state index >= 15 is 0 Å². The zero-order valence-corrected chi connectivity index (χ0v) is 30.1. The summed E-state index contributed by atoms with van der Waals surface area (Å²) in [4.78, 5) is 0. The maximum atomic E-state index is 2.55. The summed E-state index contributed by atoms with van der Waals surface area (Å²) in [5, 5.41) is 7.77. The number of benzene rings is 10. The van der Waals surface area contributed by atoms with Gasteiger partial charge in [-0.3, -0.25) is 0 Å². The Morgan fingerprint density at radius 3 is 1.18 bits per heavy atom. The molecule has 254 valence electrons. The van der Waals surface area contributed by atoms with Crippen LogP contribution in [0.25, 0.3) is 88.0 Å². The summed E-state index contributed by atoms with van der Waals surface area (Å²) in [6.07, 6.45) is 0. The zero-order valence-electron chi connectivity index (χ0n) is 30.1. The average Bonchev–Trinajstić information content (AvgIpc) is 3.73. The van der Waals surface area contributed by atoms with Gasteiger partial charge >= 0.3 is 0 Å². The molecule has 0 bridgehead atoms. The maximum Gasteiger partial charge on any atom is 0.0725 e. The average molecular weight is 695 g/mol. The van der Waals surface area contributed by atoms with E-state index in [4.69, 9.17) is 0 Å². The lowest BCUT2D eigenvalue weighted by atomic mass is 9.70. The van der Waals surface area contributed by atoms with Gasteiger partial charge < -0.3 is 0 Å². The van der Waals surface area contributed by atoms with Crippen LogP contribution in [-0.2, 0) is 5.41 Å². The SMILES string of the molecule is c1ccc(-c2cccc(-c3cccc(-c4ccc5c(c4)c4ccccc4c4cc6c(cc54)C4(c5ccccc5-c5ccccc54)c4ccccc4-6)c3)c2)cc1. The molecule has 0 radical (unpaired) electrons. The largest absolute Gasteiger partial charge is 0.0725 e. The second kappa shape index (κ2) is 11.5. The van der Waals surface area contributed by atoms with Crippen LogP contribution in [-0.4, -0.2) is 0 Å². The summed E-state index contributed by atoms with van der Waals surface area (Å²) in [6, 6.07) is 77.0. The second-order valence-electron chi connectivity index (χ2n) is 15.2. The van der Waals surface area contributed by atoms with E-state index in [1.54, 1.807) is 0 Å². The van der Waals surface area contributed by atoms with Gasteiger partial charge in [-0.15, -0.1) is 0 Å². The Hall–Kier alpha value is -7.02. The van der Waals surface area contributed by atoms with E-state index in [1.165, 1.54) is 110 Å². The monoisotopic (exact) mass is 694 g/mol. The molecule has 0 aromatic heterocycles. The Labute approximate surface area is 320 Å². The van der Waals surface area contributed by atoms with Crippen molar-refractivity contribution >= 4 is 32.3 Å². The summed E-state index contributed by atoms with van der Waals surface area (Å²) in [5.41, 5.74) is 17.8. The summed E-state index contributed by atoms with van der Waals surface area (Å²) in [6.45, 7) is 0. The molecule has 0 saturated carbocycles. The zero-order chi connectivity index (χ0) is 36.1. The summed E-state index contributed by atoms with van der Waals surface area (Å²) < 4.78 is 0. The first kappa shape index (κ1) is 30.4. The van der Waals surface area contributed by atoms with Gasteiger partial charge in [0.25, 0.3) is 0 Å². The van der Waals surface area contributed by atoms with E-state index in [1.807, 2.05) is 0 Å². The third-order valence-electron chi connectivity index (χ3n) is 12.5. The normalized spacial score (nSPS) is 13.2. The van der Waals surface area contributed by atoms with Crippen LogP contribution in [0.5, 0.6) is 0 Å². The molecule has 10 aromatic carbocycles. The molecule has 0 atom stereocenters. The molecule has 0 nitrogen and oxygen atoms in total. The molecule has 0 saturated heterocycles. The standard InChI is InChI=1S/C55H34/c1-2-14-35(15-3-1)36-16-12-17-37(30-36)38-18-13-19-39(31-38)40-28-29-43-47(32-40)41-20-4-5-21-42(41)48-33-50-46-24-8-11-27-53(46)55(54(50)34-49(43)48)51-25-9-6-22-44(51)45-23-7-10-26-52(45)55/h1-34H. The Morgan fingerprint density at radius 1 is 0.200 bits per heavy atom. The molecule has 10 aromatic rings. The molecule has 2 aliphatic carbocycles. The first-order valence-corrected chi connectivity index (χ1v) is 19.3. The van der Waals surface area contributed by atoms with Gasteiger partial charge in [0.2, 0.25) is 0 Å². The van der Waals surface area contributed by atoms with Crippen LogP contribution in [0.3, 0.4) is 0 Å². The van der Waals surface area contributed by atoms with Crippen LogP contribution in [0.4, 0.5) is 0 Å². The third kappa shape index (κ3) is 4.23. The molecule has 12 rings (SSSR count). The van der Waals surface area contributed by atoms with Crippen molar-refractivity contribution in [1.29, 1.82) is 0 Å². The molecule has 0 heteroatoms. The van der Waals surface area contributed by atoms with Crippen LogP contribution in [0, 0.1) is 0 Å². The van der Waals surface area contributed by atoms with Crippen molar-refractivity contribution in [3.05, 3.63) is 229 Å². The van der Waals surface area contributed by atoms with Crippen LogP contribution >= 0.6 is 0 Å². The third-order valence-corrected chi connectivity index (χ3v) is 12.5. The van der Waals surface area contributed by atoms with Gasteiger partial charge in [0.1, 0.15) is 0 Å². The topological polar surface area (TPSA) is 0 Å². The van der Waals surface area contributed by atoms with Crippen LogP contribution in [0.15, 0.2) is 206 Å². The number of rotatable bonds is 3. The number of hydrogen-bond donors (Lipinski definition) is 0. The Kier molecular flexibility index (Phi) is 6.36. The van der Waals surface area contributed by atoms with Crippen LogP contribution in [0.1, 0.15) is 22.3 Å². The fourth-order valence-electron chi connectivity index (χ4n) is 10.1. The number of fused-ring (bicyclic) bond motifs is 16. The summed E-state index contributed by atoms with van der Waals surface area (Å²) in [5.74, 6) is 0. The van der Waals surface area contributed by atoms with Crippen LogP contribution < -0.4 is 0 Å². The Bertz CT molecular complexity index is 3150. The van der Waals surface area contributed by atoms with Gasteiger partial charge in [0.05, 0.1) is 5.41 Å². The van der Waals surface area contributed by atoms with E-state index in [0.717, 1.165) is 0 Å². The molecule has 0 aliphatic heterocycles. The molecule has 2 aliphatic rings. The van der Waals surface area contributed by atoms with Crippen molar-refractivity contribution < 1.29 is 0 Å². The van der Waals surface area contributed by atoms with E-state index in [9.17, 15) is 0 Å². The van der Waals surface area contributed by atoms with Gasteiger partial charge in [-0.05, 0) is 141 Å². The quantitative estimate of drug-likeness (QED) is 0.162. The predicted molar refractivity (Wildman–Crippen MR) is 232 cm³/mol. The smallest absolute Gasteiger partial charge is 0.0622 e. The minimum atomic E-state index is -0.372. The predicted octanol–water partition coefficient (Wildman–Crippen LogP) is 14.5. The Morgan fingerprint density at radius 2 is 0.600 bits per heavy atom. The second-order valence-corrected chi connectivity index (χ2v) is 15.2. The van der Waals surface area contributed by atoms with E-state index in [0.29, 0.717) is 0 Å². The van der Waals surface area contributed by atoms with Crippen molar-refractivity contribution in [2.24, 2.45) is 0 Å². The highest BCUT2D eigenvalue weighted by atomic mass is 14.5. The molecule has 55 heavy (non-hydrogen) atoms. The molecular formula is C55H34. The van der Waals surface area contributed by atoms with Gasteiger partial charge in [-0.1, -0.05) is 176 Å². The molecular weight excluding hydrogens is 661 g/mol. The molecule has 1 spiro atoms. The highest BCUT2D eigenvalue weighted by Gasteiger charge is 2.51. The molecule has 0 N–H and O–H groups in total. The van der Waals surface area contributed by atoms with Crippen LogP contribution in [0.2, 0.25) is 0 Å². The highest BCUT2D eigenvalue weighted by Crippen LogP contribution is 2.63. The van der Waals surface area contributed by atoms with Gasteiger partial charge in [-0.2, -0.15) is 0 Å². The molecule has 0 unspecified atom stereocenters. The van der Waals surface area contributed by atoms with Crippen molar-refractivity contribution in [2.45, 2.75) is 5.41 Å². The maximum absolute atomic E-state index is 2.55. The van der Waals surface area contributed by atoms with Crippen molar-refractivity contribution in [1.82, 2.24) is 0 Å². The highest BCUT2D eigenvalue weighted by molar-refractivity contribution is 6.27.